The summed E-state index contributed by atoms with van der Waals surface area (Å²) in [5, 5.41) is 3.46. The molecule has 2 aromatic rings. The van der Waals surface area contributed by atoms with Gasteiger partial charge in [0.1, 0.15) is 5.82 Å². The van der Waals surface area contributed by atoms with Crippen molar-refractivity contribution in [1.29, 1.82) is 0 Å². The second-order valence-electron chi connectivity index (χ2n) is 4.21. The van der Waals surface area contributed by atoms with Crippen LogP contribution >= 0.6 is 23.2 Å². The van der Waals surface area contributed by atoms with Gasteiger partial charge in [-0.2, -0.15) is 0 Å². The maximum Gasteiger partial charge on any atom is 0.228 e. The highest BCUT2D eigenvalue weighted by Gasteiger charge is 2.07. The molecule has 3 nitrogen and oxygen atoms in total. The Balaban J connectivity index is 2.04. The van der Waals surface area contributed by atoms with Crippen molar-refractivity contribution in [1.82, 2.24) is 0 Å². The summed E-state index contributed by atoms with van der Waals surface area (Å²) in [6.45, 7) is 0. The van der Waals surface area contributed by atoms with Gasteiger partial charge in [0, 0.05) is 5.69 Å². The fraction of sp³-hybridized carbons (Fsp3) is 0.0714. The molecule has 0 radical (unpaired) electrons. The van der Waals surface area contributed by atoms with Crippen LogP contribution in [-0.4, -0.2) is 5.91 Å². The minimum atomic E-state index is -0.521. The Morgan fingerprint density at radius 1 is 1.15 bits per heavy atom. The molecule has 0 unspecified atom stereocenters. The Hall–Kier alpha value is -1.78. The average Bonchev–Trinajstić information content (AvgIpc) is 2.38. The molecule has 6 heteroatoms. The number of nitrogens with one attached hydrogen (secondary N) is 1. The van der Waals surface area contributed by atoms with Crippen LogP contribution in [0.15, 0.2) is 36.4 Å². The zero-order valence-electron chi connectivity index (χ0n) is 10.3. The van der Waals surface area contributed by atoms with Crippen LogP contribution in [0.1, 0.15) is 5.56 Å². The maximum absolute atomic E-state index is 13.0. The fourth-order valence-corrected chi connectivity index (χ4v) is 1.98. The van der Waals surface area contributed by atoms with E-state index in [2.05, 4.69) is 5.32 Å². The molecule has 0 saturated carbocycles. The van der Waals surface area contributed by atoms with E-state index in [1.54, 1.807) is 18.2 Å². The number of hydrogen-bond donors (Lipinski definition) is 2. The van der Waals surface area contributed by atoms with Crippen molar-refractivity contribution in [2.75, 3.05) is 11.1 Å². The number of nitrogens with two attached hydrogens (primary N) is 1. The number of carbonyl (C=O) groups excluding carboxylic acids is 1. The van der Waals surface area contributed by atoms with E-state index in [1.165, 1.54) is 18.2 Å². The molecule has 2 rings (SSSR count). The average molecular weight is 313 g/mol. The molecule has 0 aliphatic heterocycles. The van der Waals surface area contributed by atoms with Crippen molar-refractivity contribution >= 4 is 40.5 Å². The second kappa shape index (κ2) is 6.11. The predicted octanol–water partition coefficient (Wildman–Crippen LogP) is 3.90. The standard InChI is InChI=1S/C14H11Cl2FN2O/c15-10-3-1-8(5-11(10)16)6-14(20)19-9-2-4-12(17)13(18)7-9/h1-5,7H,6,18H2,(H,19,20). The number of benzene rings is 2. The molecule has 0 bridgehead atoms. The van der Waals surface area contributed by atoms with Crippen LogP contribution in [0.2, 0.25) is 10.0 Å². The van der Waals surface area contributed by atoms with Crippen molar-refractivity contribution in [2.45, 2.75) is 6.42 Å². The molecule has 3 N–H and O–H groups in total. The summed E-state index contributed by atoms with van der Waals surface area (Å²) in [4.78, 5) is 11.9. The Bertz CT molecular complexity index is 606. The van der Waals surface area contributed by atoms with Gasteiger partial charge in [0.25, 0.3) is 0 Å². The van der Waals surface area contributed by atoms with E-state index in [-0.39, 0.29) is 18.0 Å². The third kappa shape index (κ3) is 3.62. The third-order valence-corrected chi connectivity index (χ3v) is 3.37. The molecule has 0 spiro atoms. The highest BCUT2D eigenvalue weighted by Crippen LogP contribution is 2.23. The summed E-state index contributed by atoms with van der Waals surface area (Å²) in [5.41, 5.74) is 6.58. The van der Waals surface area contributed by atoms with Crippen LogP contribution in [0.25, 0.3) is 0 Å². The van der Waals surface area contributed by atoms with Gasteiger partial charge in [0.05, 0.1) is 22.2 Å². The van der Waals surface area contributed by atoms with Crippen molar-refractivity contribution < 1.29 is 9.18 Å². The molecule has 0 aliphatic carbocycles. The lowest BCUT2D eigenvalue weighted by Crippen LogP contribution is -2.14. The first kappa shape index (κ1) is 14.6. The largest absolute Gasteiger partial charge is 0.396 e. The summed E-state index contributed by atoms with van der Waals surface area (Å²) in [6, 6.07) is 8.97. The van der Waals surface area contributed by atoms with Crippen LogP contribution in [0, 0.1) is 5.82 Å². The number of halogens is 3. The summed E-state index contributed by atoms with van der Waals surface area (Å²) in [7, 11) is 0. The lowest BCUT2D eigenvalue weighted by atomic mass is 10.1. The minimum Gasteiger partial charge on any atom is -0.396 e. The van der Waals surface area contributed by atoms with Crippen LogP contribution in [0.4, 0.5) is 15.8 Å². The fourth-order valence-electron chi connectivity index (χ4n) is 1.66. The van der Waals surface area contributed by atoms with Crippen LogP contribution in [-0.2, 0) is 11.2 Å². The molecule has 0 heterocycles. The van der Waals surface area contributed by atoms with Gasteiger partial charge >= 0.3 is 0 Å². The Kier molecular flexibility index (Phi) is 4.47. The molecule has 0 fully saturated rings. The number of hydrogen-bond acceptors (Lipinski definition) is 2. The van der Waals surface area contributed by atoms with Gasteiger partial charge in [-0.05, 0) is 35.9 Å². The second-order valence-corrected chi connectivity index (χ2v) is 5.02. The molecule has 0 aliphatic rings. The van der Waals surface area contributed by atoms with Crippen molar-refractivity contribution in [3.63, 3.8) is 0 Å². The number of nitrogen functional groups attached to an aromatic ring is 1. The van der Waals surface area contributed by atoms with E-state index in [4.69, 9.17) is 28.9 Å². The molecule has 0 saturated heterocycles. The monoisotopic (exact) mass is 312 g/mol. The van der Waals surface area contributed by atoms with Crippen LogP contribution in [0.3, 0.4) is 0 Å². The lowest BCUT2D eigenvalue weighted by Gasteiger charge is -2.07. The van der Waals surface area contributed by atoms with Gasteiger partial charge < -0.3 is 11.1 Å². The molecule has 20 heavy (non-hydrogen) atoms. The molecule has 2 aromatic carbocycles. The van der Waals surface area contributed by atoms with Gasteiger partial charge in [-0.3, -0.25) is 4.79 Å². The van der Waals surface area contributed by atoms with E-state index < -0.39 is 5.82 Å². The van der Waals surface area contributed by atoms with Gasteiger partial charge in [-0.25, -0.2) is 4.39 Å². The van der Waals surface area contributed by atoms with Crippen molar-refractivity contribution in [2.24, 2.45) is 0 Å². The maximum atomic E-state index is 13.0. The minimum absolute atomic E-state index is 0.0164. The SMILES string of the molecule is Nc1cc(NC(=O)Cc2ccc(Cl)c(Cl)c2)ccc1F. The van der Waals surface area contributed by atoms with Crippen LogP contribution < -0.4 is 11.1 Å². The Morgan fingerprint density at radius 2 is 1.90 bits per heavy atom. The zero-order valence-corrected chi connectivity index (χ0v) is 11.8. The van der Waals surface area contributed by atoms with Crippen LogP contribution in [0.5, 0.6) is 0 Å². The molecule has 0 aromatic heterocycles. The first-order chi connectivity index (χ1) is 9.45. The zero-order chi connectivity index (χ0) is 14.7. The quantitative estimate of drug-likeness (QED) is 0.845. The Morgan fingerprint density at radius 3 is 2.55 bits per heavy atom. The molecule has 0 atom stereocenters. The molecule has 1 amide bonds. The highest BCUT2D eigenvalue weighted by atomic mass is 35.5. The molecule has 104 valence electrons. The summed E-state index contributed by atoms with van der Waals surface area (Å²) < 4.78 is 13.0. The van der Waals surface area contributed by atoms with Crippen molar-refractivity contribution in [3.8, 4) is 0 Å². The number of rotatable bonds is 3. The van der Waals surface area contributed by atoms with Crippen molar-refractivity contribution in [3.05, 3.63) is 57.8 Å². The summed E-state index contributed by atoms with van der Waals surface area (Å²) in [6.07, 6.45) is 0.133. The molecular weight excluding hydrogens is 302 g/mol. The first-order valence-corrected chi connectivity index (χ1v) is 6.50. The van der Waals surface area contributed by atoms with Gasteiger partial charge in [-0.1, -0.05) is 29.3 Å². The number of carbonyl (C=O) groups is 1. The topological polar surface area (TPSA) is 55.1 Å². The third-order valence-electron chi connectivity index (χ3n) is 2.63. The number of anilines is 2. The van der Waals surface area contributed by atoms with E-state index in [1.807, 2.05) is 0 Å². The summed E-state index contributed by atoms with van der Waals surface area (Å²) in [5.74, 6) is -0.776. The normalized spacial score (nSPS) is 10.3. The van der Waals surface area contributed by atoms with Gasteiger partial charge in [-0.15, -0.1) is 0 Å². The number of amides is 1. The van der Waals surface area contributed by atoms with E-state index in [0.717, 1.165) is 5.56 Å². The predicted molar refractivity (Wildman–Crippen MR) is 79.6 cm³/mol. The van der Waals surface area contributed by atoms with Gasteiger partial charge in [0.2, 0.25) is 5.91 Å². The van der Waals surface area contributed by atoms with E-state index in [0.29, 0.717) is 15.7 Å². The van der Waals surface area contributed by atoms with Gasteiger partial charge in [0.15, 0.2) is 0 Å². The molecular formula is C14H11Cl2FN2O. The Labute approximate surface area is 125 Å². The highest BCUT2D eigenvalue weighted by molar-refractivity contribution is 6.42. The van der Waals surface area contributed by atoms with E-state index in [9.17, 15) is 9.18 Å². The van der Waals surface area contributed by atoms with E-state index >= 15 is 0 Å². The summed E-state index contributed by atoms with van der Waals surface area (Å²) >= 11 is 11.7. The first-order valence-electron chi connectivity index (χ1n) is 5.74. The smallest absolute Gasteiger partial charge is 0.228 e. The lowest BCUT2D eigenvalue weighted by molar-refractivity contribution is -0.115.